The van der Waals surface area contributed by atoms with Crippen molar-refractivity contribution in [2.75, 3.05) is 31.5 Å². The van der Waals surface area contributed by atoms with Crippen LogP contribution in [0, 0.1) is 5.41 Å². The molecule has 0 bridgehead atoms. The lowest BCUT2D eigenvalue weighted by Crippen LogP contribution is -2.51. The van der Waals surface area contributed by atoms with Crippen LogP contribution in [0.2, 0.25) is 0 Å². The van der Waals surface area contributed by atoms with Crippen molar-refractivity contribution in [3.05, 3.63) is 71.2 Å². The molecule has 2 heterocycles. The molecule has 2 amide bonds. The van der Waals surface area contributed by atoms with E-state index in [2.05, 4.69) is 24.1 Å². The summed E-state index contributed by atoms with van der Waals surface area (Å²) in [5.41, 5.74) is -0.558. The number of aromatic nitrogens is 1. The van der Waals surface area contributed by atoms with Crippen molar-refractivity contribution in [3.8, 4) is 0 Å². The average molecular weight is 486 g/mol. The minimum atomic E-state index is -4.63. The summed E-state index contributed by atoms with van der Waals surface area (Å²) in [7, 11) is 0. The predicted octanol–water partition coefficient (Wildman–Crippen LogP) is 4.39. The highest BCUT2D eigenvalue weighted by Crippen LogP contribution is 2.31. The van der Waals surface area contributed by atoms with E-state index in [-0.39, 0.29) is 21.8 Å². The fourth-order valence-corrected chi connectivity index (χ4v) is 4.16. The molecule has 0 radical (unpaired) electrons. The van der Waals surface area contributed by atoms with Gasteiger partial charge in [0.05, 0.1) is 22.0 Å². The number of rotatable bonds is 3. The van der Waals surface area contributed by atoms with Crippen LogP contribution in [-0.4, -0.2) is 58.5 Å². The molecule has 4 rings (SSSR count). The maximum Gasteiger partial charge on any atom is 0.416 e. The van der Waals surface area contributed by atoms with Gasteiger partial charge in [-0.15, -0.1) is 0 Å². The van der Waals surface area contributed by atoms with Crippen molar-refractivity contribution in [1.82, 2.24) is 14.4 Å². The second-order valence-electron chi connectivity index (χ2n) is 8.74. The maximum absolute atomic E-state index is 13.5. The van der Waals surface area contributed by atoms with Crippen molar-refractivity contribution >= 4 is 28.5 Å². The number of nitrogens with zero attached hydrogens (tertiary/aromatic N) is 3. The number of carbonyl (C=O) groups is 2. The van der Waals surface area contributed by atoms with E-state index >= 15 is 0 Å². The lowest BCUT2D eigenvalue weighted by atomic mass is 10.1. The SMILES string of the molecule is CC(C)N1CCN(C(=O)n2cc(C(=O)Nc3ccccc3)c(=N)c3cc(C(F)(F)F)ccc32)CC1. The van der Waals surface area contributed by atoms with Gasteiger partial charge >= 0.3 is 12.2 Å². The van der Waals surface area contributed by atoms with Gasteiger partial charge in [0.2, 0.25) is 0 Å². The van der Waals surface area contributed by atoms with E-state index in [1.54, 1.807) is 35.2 Å². The number of benzene rings is 2. The zero-order valence-electron chi connectivity index (χ0n) is 19.4. The van der Waals surface area contributed by atoms with Crippen LogP contribution in [0.4, 0.5) is 23.7 Å². The van der Waals surface area contributed by atoms with Crippen LogP contribution in [0.25, 0.3) is 10.9 Å². The van der Waals surface area contributed by atoms with Gasteiger partial charge in [-0.25, -0.2) is 4.79 Å². The quantitative estimate of drug-likeness (QED) is 0.578. The fourth-order valence-electron chi connectivity index (χ4n) is 4.16. The van der Waals surface area contributed by atoms with Gasteiger partial charge in [-0.1, -0.05) is 18.2 Å². The molecule has 0 aliphatic carbocycles. The number of alkyl halides is 3. The third-order valence-corrected chi connectivity index (χ3v) is 6.18. The zero-order chi connectivity index (χ0) is 25.3. The molecule has 0 spiro atoms. The van der Waals surface area contributed by atoms with E-state index in [0.717, 1.165) is 12.1 Å². The van der Waals surface area contributed by atoms with E-state index in [0.29, 0.717) is 37.9 Å². The Kier molecular flexibility index (Phi) is 6.66. The monoisotopic (exact) mass is 485 g/mol. The topological polar surface area (TPSA) is 81.4 Å². The van der Waals surface area contributed by atoms with E-state index in [1.165, 1.54) is 16.8 Å². The van der Waals surface area contributed by atoms with Crippen LogP contribution < -0.4 is 10.7 Å². The van der Waals surface area contributed by atoms with Gasteiger partial charge < -0.3 is 10.2 Å². The molecular formula is C25H26F3N5O2. The smallest absolute Gasteiger partial charge is 0.322 e. The van der Waals surface area contributed by atoms with Crippen LogP contribution >= 0.6 is 0 Å². The Morgan fingerprint density at radius 3 is 2.26 bits per heavy atom. The van der Waals surface area contributed by atoms with E-state index in [4.69, 9.17) is 5.41 Å². The number of anilines is 1. The second kappa shape index (κ2) is 9.53. The highest BCUT2D eigenvalue weighted by atomic mass is 19.4. The number of pyridine rings is 1. The lowest BCUT2D eigenvalue weighted by molar-refractivity contribution is -0.137. The minimum Gasteiger partial charge on any atom is -0.322 e. The molecule has 1 fully saturated rings. The Labute approximate surface area is 200 Å². The number of carbonyl (C=O) groups excluding carboxylic acids is 2. The first-order chi connectivity index (χ1) is 16.6. The number of para-hydroxylation sites is 1. The molecule has 3 aromatic rings. The number of amides is 2. The molecule has 0 atom stereocenters. The summed E-state index contributed by atoms with van der Waals surface area (Å²) in [4.78, 5) is 30.3. The summed E-state index contributed by atoms with van der Waals surface area (Å²) in [6.07, 6.45) is -3.39. The molecule has 1 aliphatic heterocycles. The number of hydrogen-bond donors (Lipinski definition) is 2. The molecule has 184 valence electrons. The number of hydrogen-bond acceptors (Lipinski definition) is 4. The molecule has 2 N–H and O–H groups in total. The Bertz CT molecular complexity index is 1310. The highest BCUT2D eigenvalue weighted by molar-refractivity contribution is 6.06. The summed E-state index contributed by atoms with van der Waals surface area (Å²) in [5, 5.41) is 10.7. The van der Waals surface area contributed by atoms with Crippen LogP contribution in [-0.2, 0) is 6.18 Å². The maximum atomic E-state index is 13.5. The van der Waals surface area contributed by atoms with Crippen molar-refractivity contribution in [2.24, 2.45) is 0 Å². The number of fused-ring (bicyclic) bond motifs is 1. The Morgan fingerprint density at radius 2 is 1.66 bits per heavy atom. The van der Waals surface area contributed by atoms with E-state index in [9.17, 15) is 22.8 Å². The standard InChI is InChI=1S/C25H26F3N5O2/c1-16(2)31-10-12-32(13-11-31)24(35)33-15-20(23(34)30-18-6-4-3-5-7-18)22(29)19-14-17(25(26,27)28)8-9-21(19)33/h3-9,14-16,29H,10-13H2,1-2H3,(H,30,34). The molecular weight excluding hydrogens is 459 g/mol. The molecule has 0 unspecified atom stereocenters. The molecule has 2 aromatic carbocycles. The normalized spacial score (nSPS) is 15.0. The highest BCUT2D eigenvalue weighted by Gasteiger charge is 2.32. The van der Waals surface area contributed by atoms with Gasteiger partial charge in [0.15, 0.2) is 0 Å². The van der Waals surface area contributed by atoms with E-state index in [1.807, 2.05) is 0 Å². The van der Waals surface area contributed by atoms with Gasteiger partial charge in [0.1, 0.15) is 0 Å². The lowest BCUT2D eigenvalue weighted by Gasteiger charge is -2.37. The second-order valence-corrected chi connectivity index (χ2v) is 8.74. The van der Waals surface area contributed by atoms with Gasteiger partial charge in [-0.3, -0.25) is 19.7 Å². The first-order valence-corrected chi connectivity index (χ1v) is 11.3. The summed E-state index contributed by atoms with van der Waals surface area (Å²) >= 11 is 0. The van der Waals surface area contributed by atoms with Gasteiger partial charge in [-0.05, 0) is 44.2 Å². The van der Waals surface area contributed by atoms with Crippen LogP contribution in [0.15, 0.2) is 54.7 Å². The molecule has 1 aliphatic rings. The number of piperazine rings is 1. The predicted molar refractivity (Wildman–Crippen MR) is 126 cm³/mol. The molecule has 1 aromatic heterocycles. The summed E-state index contributed by atoms with van der Waals surface area (Å²) < 4.78 is 41.4. The van der Waals surface area contributed by atoms with Crippen LogP contribution in [0.5, 0.6) is 0 Å². The molecule has 0 saturated carbocycles. The third-order valence-electron chi connectivity index (χ3n) is 6.18. The molecule has 10 heteroatoms. The van der Waals surface area contributed by atoms with Crippen molar-refractivity contribution in [1.29, 1.82) is 5.41 Å². The number of nitrogens with one attached hydrogen (secondary N) is 2. The summed E-state index contributed by atoms with van der Waals surface area (Å²) in [6, 6.07) is 11.3. The Balaban J connectivity index is 1.79. The van der Waals surface area contributed by atoms with Crippen molar-refractivity contribution < 1.29 is 22.8 Å². The van der Waals surface area contributed by atoms with Crippen LogP contribution in [0.1, 0.15) is 29.8 Å². The first kappa shape index (κ1) is 24.5. The van der Waals surface area contributed by atoms with Crippen molar-refractivity contribution in [2.45, 2.75) is 26.1 Å². The molecule has 35 heavy (non-hydrogen) atoms. The number of halogens is 3. The summed E-state index contributed by atoms with van der Waals surface area (Å²) in [6.45, 7) is 6.36. The average Bonchev–Trinajstić information content (AvgIpc) is 2.83. The fraction of sp³-hybridized carbons (Fsp3) is 0.320. The molecule has 7 nitrogen and oxygen atoms in total. The largest absolute Gasteiger partial charge is 0.416 e. The Hall–Kier alpha value is -3.66. The van der Waals surface area contributed by atoms with Gasteiger partial charge in [0.25, 0.3) is 5.91 Å². The van der Waals surface area contributed by atoms with Crippen LogP contribution in [0.3, 0.4) is 0 Å². The summed E-state index contributed by atoms with van der Waals surface area (Å²) in [5.74, 6) is -0.688. The zero-order valence-corrected chi connectivity index (χ0v) is 19.4. The van der Waals surface area contributed by atoms with E-state index < -0.39 is 23.7 Å². The minimum absolute atomic E-state index is 0.130. The Morgan fingerprint density at radius 1 is 1.00 bits per heavy atom. The third kappa shape index (κ3) is 5.07. The first-order valence-electron chi connectivity index (χ1n) is 11.3. The molecule has 1 saturated heterocycles. The van der Waals surface area contributed by atoms with Crippen molar-refractivity contribution in [3.63, 3.8) is 0 Å². The van der Waals surface area contributed by atoms with Gasteiger partial charge in [0, 0.05) is 49.5 Å². The van der Waals surface area contributed by atoms with Gasteiger partial charge in [-0.2, -0.15) is 13.2 Å².